The summed E-state index contributed by atoms with van der Waals surface area (Å²) < 4.78 is 0. The van der Waals surface area contributed by atoms with Gasteiger partial charge in [-0.2, -0.15) is 0 Å². The Balaban J connectivity index is 1.92. The minimum Gasteiger partial charge on any atom is -0.307 e. The number of benzene rings is 1. The van der Waals surface area contributed by atoms with E-state index in [1.54, 1.807) is 0 Å². The molecule has 1 nitrogen and oxygen atoms in total. The Labute approximate surface area is 122 Å². The summed E-state index contributed by atoms with van der Waals surface area (Å²) in [4.78, 5) is 0. The Hall–Kier alpha value is -0.530. The molecule has 0 radical (unpaired) electrons. The van der Waals surface area contributed by atoms with Gasteiger partial charge in [-0.3, -0.25) is 0 Å². The van der Waals surface area contributed by atoms with Gasteiger partial charge in [0, 0.05) is 17.1 Å². The number of nitrogens with one attached hydrogen (secondary N) is 1. The molecule has 1 aliphatic rings. The Morgan fingerprint density at radius 1 is 1.21 bits per heavy atom. The SMILES string of the molecule is CCC1CCCC(N[C@@H](C)c2ccccc2Cl)CC1. The van der Waals surface area contributed by atoms with Crippen LogP contribution in [0, 0.1) is 5.92 Å². The first-order valence-corrected chi connectivity index (χ1v) is 8.09. The summed E-state index contributed by atoms with van der Waals surface area (Å²) in [7, 11) is 0. The van der Waals surface area contributed by atoms with Crippen LogP contribution in [0.3, 0.4) is 0 Å². The van der Waals surface area contributed by atoms with Gasteiger partial charge < -0.3 is 5.32 Å². The van der Waals surface area contributed by atoms with Crippen LogP contribution in [-0.2, 0) is 0 Å². The lowest BCUT2D eigenvalue weighted by molar-refractivity contribution is 0.400. The van der Waals surface area contributed by atoms with Crippen molar-refractivity contribution in [1.29, 1.82) is 0 Å². The summed E-state index contributed by atoms with van der Waals surface area (Å²) in [5.74, 6) is 0.947. The predicted molar refractivity (Wildman–Crippen MR) is 83.7 cm³/mol. The molecule has 3 atom stereocenters. The molecular formula is C17H26ClN. The van der Waals surface area contributed by atoms with Gasteiger partial charge >= 0.3 is 0 Å². The Kier molecular flexibility index (Phi) is 5.72. The van der Waals surface area contributed by atoms with Crippen LogP contribution in [0.25, 0.3) is 0 Å². The van der Waals surface area contributed by atoms with E-state index in [0.717, 1.165) is 10.9 Å². The van der Waals surface area contributed by atoms with Crippen LogP contribution in [-0.4, -0.2) is 6.04 Å². The van der Waals surface area contributed by atoms with E-state index in [-0.39, 0.29) is 0 Å². The lowest BCUT2D eigenvalue weighted by atomic mass is 9.97. The van der Waals surface area contributed by atoms with E-state index in [1.165, 1.54) is 44.1 Å². The van der Waals surface area contributed by atoms with Gasteiger partial charge in [-0.25, -0.2) is 0 Å². The minimum absolute atomic E-state index is 0.344. The van der Waals surface area contributed by atoms with Crippen molar-refractivity contribution < 1.29 is 0 Å². The van der Waals surface area contributed by atoms with E-state index in [1.807, 2.05) is 12.1 Å². The molecule has 2 unspecified atom stereocenters. The van der Waals surface area contributed by atoms with E-state index < -0.39 is 0 Å². The van der Waals surface area contributed by atoms with E-state index in [2.05, 4.69) is 31.3 Å². The molecule has 0 bridgehead atoms. The highest BCUT2D eigenvalue weighted by atomic mass is 35.5. The lowest BCUT2D eigenvalue weighted by Gasteiger charge is -2.23. The molecule has 19 heavy (non-hydrogen) atoms. The van der Waals surface area contributed by atoms with Gasteiger partial charge in [0.25, 0.3) is 0 Å². The Bertz CT molecular complexity index is 391. The minimum atomic E-state index is 0.344. The van der Waals surface area contributed by atoms with Crippen molar-refractivity contribution in [2.45, 2.75) is 64.5 Å². The van der Waals surface area contributed by atoms with Crippen LogP contribution in [0.4, 0.5) is 0 Å². The summed E-state index contributed by atoms with van der Waals surface area (Å²) in [5, 5.41) is 4.65. The third kappa shape index (κ3) is 4.22. The second-order valence-corrected chi connectivity index (χ2v) is 6.30. The van der Waals surface area contributed by atoms with Crippen molar-refractivity contribution in [3.05, 3.63) is 34.9 Å². The van der Waals surface area contributed by atoms with E-state index in [4.69, 9.17) is 11.6 Å². The molecule has 1 saturated carbocycles. The van der Waals surface area contributed by atoms with Gasteiger partial charge in [0.05, 0.1) is 0 Å². The van der Waals surface area contributed by atoms with Gasteiger partial charge in [0.1, 0.15) is 0 Å². The highest BCUT2D eigenvalue weighted by Crippen LogP contribution is 2.28. The van der Waals surface area contributed by atoms with Gasteiger partial charge in [0.15, 0.2) is 0 Å². The molecular weight excluding hydrogens is 254 g/mol. The molecule has 1 fully saturated rings. The third-order valence-corrected chi connectivity index (χ3v) is 4.87. The zero-order valence-electron chi connectivity index (χ0n) is 12.2. The van der Waals surface area contributed by atoms with Gasteiger partial charge in [-0.1, -0.05) is 56.0 Å². The van der Waals surface area contributed by atoms with Crippen molar-refractivity contribution in [1.82, 2.24) is 5.32 Å². The second kappa shape index (κ2) is 7.31. The van der Waals surface area contributed by atoms with Crippen molar-refractivity contribution in [2.75, 3.05) is 0 Å². The van der Waals surface area contributed by atoms with E-state index in [9.17, 15) is 0 Å². The highest BCUT2D eigenvalue weighted by molar-refractivity contribution is 6.31. The van der Waals surface area contributed by atoms with E-state index >= 15 is 0 Å². The average molecular weight is 280 g/mol. The highest BCUT2D eigenvalue weighted by Gasteiger charge is 2.20. The van der Waals surface area contributed by atoms with Crippen molar-refractivity contribution >= 4 is 11.6 Å². The van der Waals surface area contributed by atoms with Crippen LogP contribution in [0.2, 0.25) is 5.02 Å². The molecule has 1 N–H and O–H groups in total. The van der Waals surface area contributed by atoms with Gasteiger partial charge in [-0.15, -0.1) is 0 Å². The first kappa shape index (κ1) is 14.9. The summed E-state index contributed by atoms with van der Waals surface area (Å²) in [6.45, 7) is 4.55. The maximum absolute atomic E-state index is 6.27. The summed E-state index contributed by atoms with van der Waals surface area (Å²) in [6.07, 6.45) is 8.12. The maximum atomic E-state index is 6.27. The fourth-order valence-corrected chi connectivity index (χ4v) is 3.52. The normalized spacial score (nSPS) is 25.8. The van der Waals surface area contributed by atoms with Gasteiger partial charge in [-0.05, 0) is 43.7 Å². The molecule has 1 aliphatic carbocycles. The van der Waals surface area contributed by atoms with Crippen molar-refractivity contribution in [3.63, 3.8) is 0 Å². The zero-order valence-corrected chi connectivity index (χ0v) is 12.9. The topological polar surface area (TPSA) is 12.0 Å². The number of halogens is 1. The van der Waals surface area contributed by atoms with Crippen LogP contribution in [0.15, 0.2) is 24.3 Å². The molecule has 0 spiro atoms. The zero-order chi connectivity index (χ0) is 13.7. The monoisotopic (exact) mass is 279 g/mol. The fraction of sp³-hybridized carbons (Fsp3) is 0.647. The average Bonchev–Trinajstić information content (AvgIpc) is 2.64. The van der Waals surface area contributed by atoms with Crippen LogP contribution in [0.1, 0.15) is 64.0 Å². The first-order valence-electron chi connectivity index (χ1n) is 7.71. The molecule has 1 aromatic carbocycles. The second-order valence-electron chi connectivity index (χ2n) is 5.89. The molecule has 2 heteroatoms. The third-order valence-electron chi connectivity index (χ3n) is 4.52. The molecule has 1 aromatic rings. The lowest BCUT2D eigenvalue weighted by Crippen LogP contribution is -2.31. The summed E-state index contributed by atoms with van der Waals surface area (Å²) in [5.41, 5.74) is 1.22. The molecule has 0 amide bonds. The van der Waals surface area contributed by atoms with Crippen LogP contribution >= 0.6 is 11.6 Å². The number of hydrogen-bond donors (Lipinski definition) is 1. The van der Waals surface area contributed by atoms with Crippen LogP contribution in [0.5, 0.6) is 0 Å². The standard InChI is InChI=1S/C17H26ClN/c1-3-14-7-6-8-15(12-11-14)19-13(2)16-9-4-5-10-17(16)18/h4-5,9-10,13-15,19H,3,6-8,11-12H2,1-2H3/t13-,14?,15?/m0/s1. The quantitative estimate of drug-likeness (QED) is 0.733. The maximum Gasteiger partial charge on any atom is 0.0453 e. The number of rotatable bonds is 4. The van der Waals surface area contributed by atoms with Crippen molar-refractivity contribution in [3.8, 4) is 0 Å². The molecule has 106 valence electrons. The largest absolute Gasteiger partial charge is 0.307 e. The summed E-state index contributed by atoms with van der Waals surface area (Å²) >= 11 is 6.27. The first-order chi connectivity index (χ1) is 9.20. The van der Waals surface area contributed by atoms with Crippen LogP contribution < -0.4 is 5.32 Å². The number of hydrogen-bond acceptors (Lipinski definition) is 1. The van der Waals surface area contributed by atoms with E-state index in [0.29, 0.717) is 12.1 Å². The predicted octanol–water partition coefficient (Wildman–Crippen LogP) is 5.35. The molecule has 0 aliphatic heterocycles. The van der Waals surface area contributed by atoms with Gasteiger partial charge in [0.2, 0.25) is 0 Å². The van der Waals surface area contributed by atoms with Crippen molar-refractivity contribution in [2.24, 2.45) is 5.92 Å². The Morgan fingerprint density at radius 2 is 2.00 bits per heavy atom. The molecule has 2 rings (SSSR count). The Morgan fingerprint density at radius 3 is 2.74 bits per heavy atom. The summed E-state index contributed by atoms with van der Waals surface area (Å²) in [6, 6.07) is 9.18. The molecule has 0 aromatic heterocycles. The fourth-order valence-electron chi connectivity index (χ4n) is 3.22. The molecule has 0 saturated heterocycles. The smallest absolute Gasteiger partial charge is 0.0453 e. The molecule has 0 heterocycles.